The van der Waals surface area contributed by atoms with E-state index in [1.807, 2.05) is 60.7 Å². The molecule has 18 aromatic rings. The van der Waals surface area contributed by atoms with Gasteiger partial charge in [0.15, 0.2) is 0 Å². The van der Waals surface area contributed by atoms with E-state index in [4.69, 9.17) is 24.9 Å². The first kappa shape index (κ1) is 54.4. The lowest BCUT2D eigenvalue weighted by Crippen LogP contribution is -2.02. The molecule has 13 aromatic carbocycles. The standard InChI is InChI=1S/C45H30N6.C38H26N4/c1-4-16-34(17-5-1)49-40-25-13-10-22-37(40)46-43(49)31-28-32(44-47-38-23-11-14-26-41(38)50(44)35-18-6-2-7-19-35)30-33(29-31)45-48-39-24-12-15-27-42(39)51(45)36-20-8-3-9-21-36;1-3-11-31(12-4-1)41-35-17-9-7-15-33(35)39-37(41)29-23-19-27(20-24-29)28-21-25-30(26-22-28)38-40-34-16-8-10-18-36(34)42(38)32-13-5-2-6-14-32/h1-30H;1-26H. The monoisotopic (exact) mass is 1190 g/mol. The van der Waals surface area contributed by atoms with E-state index in [1.165, 1.54) is 0 Å². The fraction of sp³-hybridized carbons (Fsp3) is 0. The second kappa shape index (κ2) is 23.3. The molecule has 0 fully saturated rings. The summed E-state index contributed by atoms with van der Waals surface area (Å²) in [5.41, 5.74) is 22.7. The van der Waals surface area contributed by atoms with Gasteiger partial charge in [-0.3, -0.25) is 22.8 Å². The Labute approximate surface area is 536 Å². The van der Waals surface area contributed by atoms with Gasteiger partial charge in [-0.1, -0.05) is 200 Å². The maximum absolute atomic E-state index is 5.28. The van der Waals surface area contributed by atoms with Crippen LogP contribution in [-0.4, -0.2) is 47.8 Å². The lowest BCUT2D eigenvalue weighted by atomic mass is 10.0. The largest absolute Gasteiger partial charge is 0.292 e. The van der Waals surface area contributed by atoms with Gasteiger partial charge in [-0.15, -0.1) is 0 Å². The number of rotatable bonds is 11. The molecular formula is C83H56N10. The van der Waals surface area contributed by atoms with E-state index < -0.39 is 0 Å². The number of benzene rings is 13. The average Bonchev–Trinajstić information content (AvgIpc) is 1.67. The first-order valence-corrected chi connectivity index (χ1v) is 31.2. The molecule has 0 unspecified atom stereocenters. The van der Waals surface area contributed by atoms with Crippen molar-refractivity contribution in [1.29, 1.82) is 0 Å². The van der Waals surface area contributed by atoms with Crippen LogP contribution in [0.25, 0.3) is 152 Å². The zero-order valence-electron chi connectivity index (χ0n) is 50.3. The molecular weight excluding hydrogens is 1140 g/mol. The number of imidazole rings is 5. The summed E-state index contributed by atoms with van der Waals surface area (Å²) in [4.78, 5) is 25.9. The molecule has 0 N–H and O–H groups in total. The zero-order valence-corrected chi connectivity index (χ0v) is 50.3. The van der Waals surface area contributed by atoms with Gasteiger partial charge in [-0.2, -0.15) is 0 Å². The van der Waals surface area contributed by atoms with Gasteiger partial charge in [0.2, 0.25) is 0 Å². The van der Waals surface area contributed by atoms with Crippen LogP contribution >= 0.6 is 0 Å². The van der Waals surface area contributed by atoms with Gasteiger partial charge < -0.3 is 0 Å². The summed E-state index contributed by atoms with van der Waals surface area (Å²) < 4.78 is 11.2. The molecule has 5 aromatic heterocycles. The highest BCUT2D eigenvalue weighted by Crippen LogP contribution is 2.40. The predicted octanol–water partition coefficient (Wildman–Crippen LogP) is 20.1. The molecule has 0 amide bonds. The van der Waals surface area contributed by atoms with Crippen LogP contribution in [0.15, 0.2) is 340 Å². The van der Waals surface area contributed by atoms with Crippen LogP contribution in [-0.2, 0) is 0 Å². The van der Waals surface area contributed by atoms with Crippen LogP contribution < -0.4 is 0 Å². The molecule has 0 aliphatic carbocycles. The van der Waals surface area contributed by atoms with E-state index in [1.54, 1.807) is 0 Å². The van der Waals surface area contributed by atoms with Crippen molar-refractivity contribution in [1.82, 2.24) is 47.8 Å². The third-order valence-corrected chi connectivity index (χ3v) is 17.2. The summed E-state index contributed by atoms with van der Waals surface area (Å²) in [5, 5.41) is 0. The van der Waals surface area contributed by atoms with Crippen molar-refractivity contribution in [3.63, 3.8) is 0 Å². The summed E-state index contributed by atoms with van der Waals surface area (Å²) in [5.74, 6) is 4.40. The lowest BCUT2D eigenvalue weighted by Gasteiger charge is -2.15. The molecule has 0 spiro atoms. The molecule has 10 heteroatoms. The summed E-state index contributed by atoms with van der Waals surface area (Å²) >= 11 is 0. The third kappa shape index (κ3) is 9.92. The van der Waals surface area contributed by atoms with Gasteiger partial charge in [0, 0.05) is 56.3 Å². The number of fused-ring (bicyclic) bond motifs is 5. The van der Waals surface area contributed by atoms with E-state index in [9.17, 15) is 0 Å². The van der Waals surface area contributed by atoms with Crippen molar-refractivity contribution < 1.29 is 0 Å². The van der Waals surface area contributed by atoms with Gasteiger partial charge in [-0.05, 0) is 151 Å². The summed E-state index contributed by atoms with van der Waals surface area (Å²) in [6, 6.07) is 118. The molecule has 0 atom stereocenters. The van der Waals surface area contributed by atoms with Crippen molar-refractivity contribution >= 4 is 55.2 Å². The Bertz CT molecular complexity index is 5230. The van der Waals surface area contributed by atoms with Crippen LogP contribution in [0.3, 0.4) is 0 Å². The Balaban J connectivity index is 0.000000145. The van der Waals surface area contributed by atoms with Gasteiger partial charge in [0.25, 0.3) is 0 Å². The van der Waals surface area contributed by atoms with Crippen molar-refractivity contribution in [3.05, 3.63) is 340 Å². The molecule has 5 heterocycles. The molecule has 0 radical (unpaired) electrons. The summed E-state index contributed by atoms with van der Waals surface area (Å²) in [6.07, 6.45) is 0. The van der Waals surface area contributed by atoms with Crippen molar-refractivity contribution in [2.45, 2.75) is 0 Å². The Hall–Kier alpha value is -12.8. The minimum absolute atomic E-state index is 0.843. The maximum atomic E-state index is 5.28. The molecule has 93 heavy (non-hydrogen) atoms. The average molecular weight is 1190 g/mol. The fourth-order valence-corrected chi connectivity index (χ4v) is 12.9. The normalized spacial score (nSPS) is 11.4. The van der Waals surface area contributed by atoms with Gasteiger partial charge >= 0.3 is 0 Å². The molecule has 18 rings (SSSR count). The number of nitrogens with zero attached hydrogens (tertiary/aromatic N) is 10. The first-order valence-electron chi connectivity index (χ1n) is 31.2. The van der Waals surface area contributed by atoms with Crippen molar-refractivity contribution in [2.24, 2.45) is 0 Å². The molecule has 10 nitrogen and oxygen atoms in total. The molecule has 0 saturated heterocycles. The second-order valence-electron chi connectivity index (χ2n) is 22.9. The Morgan fingerprint density at radius 2 is 0.323 bits per heavy atom. The number of aromatic nitrogens is 10. The zero-order chi connectivity index (χ0) is 61.6. The smallest absolute Gasteiger partial charge is 0.145 e. The summed E-state index contributed by atoms with van der Waals surface area (Å²) in [6.45, 7) is 0. The number of hydrogen-bond donors (Lipinski definition) is 0. The van der Waals surface area contributed by atoms with Gasteiger partial charge in [0.1, 0.15) is 29.1 Å². The minimum Gasteiger partial charge on any atom is -0.292 e. The highest BCUT2D eigenvalue weighted by Gasteiger charge is 2.24. The van der Waals surface area contributed by atoms with Crippen LogP contribution in [0.5, 0.6) is 0 Å². The SMILES string of the molecule is c1ccc(-n2c(-c3cc(-c4nc5ccccc5n4-c4ccccc4)cc(-c4nc5ccccc5n4-c4ccccc4)c3)nc3ccccc32)cc1.c1ccc(-n2c(-c3ccc(-c4ccc(-c5nc6ccccc6n5-c5ccccc5)cc4)cc3)nc3ccccc32)cc1. The molecule has 0 saturated carbocycles. The van der Waals surface area contributed by atoms with Crippen LogP contribution in [0.1, 0.15) is 0 Å². The second-order valence-corrected chi connectivity index (χ2v) is 22.9. The topological polar surface area (TPSA) is 89.1 Å². The van der Waals surface area contributed by atoms with Gasteiger partial charge in [0.05, 0.1) is 55.2 Å². The van der Waals surface area contributed by atoms with Crippen LogP contribution in [0, 0.1) is 0 Å². The van der Waals surface area contributed by atoms with Crippen LogP contribution in [0.2, 0.25) is 0 Å². The fourth-order valence-electron chi connectivity index (χ4n) is 12.9. The Morgan fingerprint density at radius 1 is 0.151 bits per heavy atom. The minimum atomic E-state index is 0.843. The first-order chi connectivity index (χ1) is 46.1. The lowest BCUT2D eigenvalue weighted by molar-refractivity contribution is 1.09. The highest BCUT2D eigenvalue weighted by atomic mass is 15.1. The molecule has 0 aliphatic heterocycles. The van der Waals surface area contributed by atoms with E-state index in [0.29, 0.717) is 0 Å². The quantitative estimate of drug-likeness (QED) is 0.129. The van der Waals surface area contributed by atoms with E-state index >= 15 is 0 Å². The van der Waals surface area contributed by atoms with Crippen LogP contribution in [0.4, 0.5) is 0 Å². The van der Waals surface area contributed by atoms with Gasteiger partial charge in [-0.25, -0.2) is 24.9 Å². The Morgan fingerprint density at radius 3 is 0.538 bits per heavy atom. The number of para-hydroxylation sites is 15. The molecule has 438 valence electrons. The van der Waals surface area contributed by atoms with E-state index in [0.717, 1.165) is 152 Å². The molecule has 0 bridgehead atoms. The Kier molecular flexibility index (Phi) is 13.6. The predicted molar refractivity (Wildman–Crippen MR) is 379 cm³/mol. The van der Waals surface area contributed by atoms with E-state index in [2.05, 4.69) is 302 Å². The summed E-state index contributed by atoms with van der Waals surface area (Å²) in [7, 11) is 0. The maximum Gasteiger partial charge on any atom is 0.145 e. The van der Waals surface area contributed by atoms with Crippen molar-refractivity contribution in [2.75, 3.05) is 0 Å². The third-order valence-electron chi connectivity index (χ3n) is 17.2. The molecule has 0 aliphatic rings. The van der Waals surface area contributed by atoms with Crippen molar-refractivity contribution in [3.8, 4) is 96.5 Å². The highest BCUT2D eigenvalue weighted by molar-refractivity contribution is 5.91. The van der Waals surface area contributed by atoms with E-state index in [-0.39, 0.29) is 0 Å². The number of hydrogen-bond acceptors (Lipinski definition) is 5.